The minimum absolute atomic E-state index is 0.224. The van der Waals surface area contributed by atoms with Crippen LogP contribution in [0, 0.1) is 13.8 Å². The number of hydrogen-bond donors (Lipinski definition) is 0. The number of rotatable bonds is 2. The molecule has 2 rings (SSSR count). The molecule has 0 bridgehead atoms. The van der Waals surface area contributed by atoms with Crippen molar-refractivity contribution in [3.05, 3.63) is 40.7 Å². The van der Waals surface area contributed by atoms with E-state index < -0.39 is 9.84 Å². The minimum atomic E-state index is -3.38. The van der Waals surface area contributed by atoms with Gasteiger partial charge in [-0.15, -0.1) is 0 Å². The third kappa shape index (κ3) is 2.77. The fourth-order valence-corrected chi connectivity index (χ4v) is 3.34. The van der Waals surface area contributed by atoms with Crippen LogP contribution in [0.2, 0.25) is 5.02 Å². The first-order valence-corrected chi connectivity index (χ1v) is 7.87. The van der Waals surface area contributed by atoms with Gasteiger partial charge in [0.2, 0.25) is 0 Å². The minimum Gasteiger partial charge on any atom is -0.224 e. The zero-order valence-electron chi connectivity index (χ0n) is 10.8. The highest BCUT2D eigenvalue weighted by molar-refractivity contribution is 7.90. The first-order chi connectivity index (χ1) is 8.80. The van der Waals surface area contributed by atoms with Crippen molar-refractivity contribution in [2.75, 3.05) is 6.26 Å². The van der Waals surface area contributed by atoms with Gasteiger partial charge in [-0.3, -0.25) is 0 Å². The molecule has 1 aromatic carbocycles. The maximum Gasteiger partial charge on any atom is 0.178 e. The van der Waals surface area contributed by atoms with Gasteiger partial charge in [0.05, 0.1) is 16.3 Å². The molecular formula is C13H13ClN2O2S. The molecule has 0 fully saturated rings. The van der Waals surface area contributed by atoms with E-state index in [1.807, 2.05) is 0 Å². The Hall–Kier alpha value is -1.46. The average molecular weight is 297 g/mol. The van der Waals surface area contributed by atoms with Gasteiger partial charge < -0.3 is 0 Å². The summed E-state index contributed by atoms with van der Waals surface area (Å²) in [5, 5.41) is 8.50. The summed E-state index contributed by atoms with van der Waals surface area (Å²) in [5.74, 6) is 0. The molecule has 100 valence electrons. The number of benzene rings is 1. The Bertz CT molecular complexity index is 725. The number of nitrogens with zero attached hydrogens (tertiary/aromatic N) is 2. The summed E-state index contributed by atoms with van der Waals surface area (Å²) in [5.41, 5.74) is 2.33. The van der Waals surface area contributed by atoms with E-state index in [-0.39, 0.29) is 4.90 Å². The van der Waals surface area contributed by atoms with Crippen molar-refractivity contribution >= 4 is 21.4 Å². The second-order valence-electron chi connectivity index (χ2n) is 4.35. The maximum absolute atomic E-state index is 12.0. The molecule has 0 aliphatic carbocycles. The molecular weight excluding hydrogens is 284 g/mol. The second-order valence-corrected chi connectivity index (χ2v) is 6.74. The van der Waals surface area contributed by atoms with Gasteiger partial charge in [0.1, 0.15) is 0 Å². The van der Waals surface area contributed by atoms with Crippen LogP contribution in [0.15, 0.2) is 29.2 Å². The van der Waals surface area contributed by atoms with Crippen molar-refractivity contribution in [2.24, 2.45) is 0 Å². The fourth-order valence-electron chi connectivity index (χ4n) is 2.00. The van der Waals surface area contributed by atoms with Crippen molar-refractivity contribution in [3.63, 3.8) is 0 Å². The van der Waals surface area contributed by atoms with E-state index in [1.54, 1.807) is 38.1 Å². The van der Waals surface area contributed by atoms with Gasteiger partial charge in [-0.05, 0) is 31.5 Å². The zero-order chi connectivity index (χ0) is 14.2. The van der Waals surface area contributed by atoms with E-state index >= 15 is 0 Å². The van der Waals surface area contributed by atoms with Crippen molar-refractivity contribution in [1.82, 2.24) is 10.2 Å². The topological polar surface area (TPSA) is 59.9 Å². The molecule has 1 aromatic heterocycles. The Morgan fingerprint density at radius 3 is 2.05 bits per heavy atom. The van der Waals surface area contributed by atoms with E-state index in [4.69, 9.17) is 11.6 Å². The molecule has 0 aliphatic rings. The van der Waals surface area contributed by atoms with E-state index in [9.17, 15) is 8.42 Å². The molecule has 0 unspecified atom stereocenters. The van der Waals surface area contributed by atoms with Gasteiger partial charge >= 0.3 is 0 Å². The predicted octanol–water partition coefficient (Wildman–Crippen LogP) is 2.82. The lowest BCUT2D eigenvalue weighted by molar-refractivity contribution is 0.600. The van der Waals surface area contributed by atoms with E-state index in [2.05, 4.69) is 10.2 Å². The number of aromatic nitrogens is 2. The molecule has 0 aliphatic heterocycles. The van der Waals surface area contributed by atoms with Crippen LogP contribution >= 0.6 is 11.6 Å². The van der Waals surface area contributed by atoms with Gasteiger partial charge in [-0.25, -0.2) is 8.42 Å². The monoisotopic (exact) mass is 296 g/mol. The van der Waals surface area contributed by atoms with Crippen LogP contribution in [0.5, 0.6) is 0 Å². The number of sulfone groups is 1. The largest absolute Gasteiger partial charge is 0.224 e. The van der Waals surface area contributed by atoms with Crippen molar-refractivity contribution < 1.29 is 8.42 Å². The Morgan fingerprint density at radius 1 is 1.00 bits per heavy atom. The number of halogens is 1. The highest BCUT2D eigenvalue weighted by Gasteiger charge is 2.21. The molecule has 0 N–H and O–H groups in total. The number of aryl methyl sites for hydroxylation is 2. The molecule has 19 heavy (non-hydrogen) atoms. The summed E-state index contributed by atoms with van der Waals surface area (Å²) in [6.07, 6.45) is 1.18. The van der Waals surface area contributed by atoms with Gasteiger partial charge in [0, 0.05) is 16.8 Å². The lowest BCUT2D eigenvalue weighted by Gasteiger charge is -2.12. The molecule has 0 atom stereocenters. The molecule has 1 heterocycles. The zero-order valence-corrected chi connectivity index (χ0v) is 12.4. The molecule has 0 spiro atoms. The standard InChI is InChI=1S/C13H13ClN2O2S/c1-8-12(10-4-6-11(14)7-5-10)13(19(3,17)18)9(2)16-15-8/h4-7H,1-3H3. The van der Waals surface area contributed by atoms with Gasteiger partial charge in [0.25, 0.3) is 0 Å². The second kappa shape index (κ2) is 4.90. The maximum atomic E-state index is 12.0. The molecule has 0 saturated heterocycles. The van der Waals surface area contributed by atoms with Crippen LogP contribution in [0.4, 0.5) is 0 Å². The van der Waals surface area contributed by atoms with E-state index in [0.717, 1.165) is 5.56 Å². The smallest absolute Gasteiger partial charge is 0.178 e. The summed E-state index contributed by atoms with van der Waals surface area (Å²) in [6, 6.07) is 7.00. The summed E-state index contributed by atoms with van der Waals surface area (Å²) < 4.78 is 23.9. The van der Waals surface area contributed by atoms with E-state index in [1.165, 1.54) is 6.26 Å². The average Bonchev–Trinajstić information content (AvgIpc) is 2.31. The third-order valence-electron chi connectivity index (χ3n) is 2.77. The summed E-state index contributed by atoms with van der Waals surface area (Å²) in [7, 11) is -3.38. The summed E-state index contributed by atoms with van der Waals surface area (Å²) >= 11 is 5.85. The predicted molar refractivity (Wildman–Crippen MR) is 75.1 cm³/mol. The van der Waals surface area contributed by atoms with Crippen molar-refractivity contribution in [1.29, 1.82) is 0 Å². The fraction of sp³-hybridized carbons (Fsp3) is 0.231. The SMILES string of the molecule is Cc1nnc(C)c(S(C)(=O)=O)c1-c1ccc(Cl)cc1. The quantitative estimate of drug-likeness (QED) is 0.855. The first-order valence-electron chi connectivity index (χ1n) is 5.60. The van der Waals surface area contributed by atoms with Crippen molar-refractivity contribution in [2.45, 2.75) is 18.7 Å². The van der Waals surface area contributed by atoms with Crippen LogP contribution in [0.1, 0.15) is 11.4 Å². The van der Waals surface area contributed by atoms with Gasteiger partial charge in [-0.2, -0.15) is 10.2 Å². The Balaban J connectivity index is 2.83. The Labute approximate surface area is 117 Å². The third-order valence-corrected chi connectivity index (χ3v) is 4.26. The van der Waals surface area contributed by atoms with Crippen LogP contribution in [-0.2, 0) is 9.84 Å². The lowest BCUT2D eigenvalue weighted by atomic mass is 10.0. The van der Waals surface area contributed by atoms with Crippen molar-refractivity contribution in [3.8, 4) is 11.1 Å². The normalized spacial score (nSPS) is 11.6. The molecule has 0 amide bonds. The highest BCUT2D eigenvalue weighted by atomic mass is 35.5. The molecule has 4 nitrogen and oxygen atoms in total. The molecule has 2 aromatic rings. The molecule has 0 saturated carbocycles. The van der Waals surface area contributed by atoms with Crippen LogP contribution in [0.25, 0.3) is 11.1 Å². The van der Waals surface area contributed by atoms with Crippen LogP contribution in [-0.4, -0.2) is 24.9 Å². The molecule has 0 radical (unpaired) electrons. The molecule has 6 heteroatoms. The first kappa shape index (κ1) is 14.0. The Kier molecular flexibility index (Phi) is 3.60. The van der Waals surface area contributed by atoms with Crippen LogP contribution < -0.4 is 0 Å². The lowest BCUT2D eigenvalue weighted by Crippen LogP contribution is -2.08. The highest BCUT2D eigenvalue weighted by Crippen LogP contribution is 2.31. The Morgan fingerprint density at radius 2 is 1.53 bits per heavy atom. The van der Waals surface area contributed by atoms with Gasteiger partial charge in [0.15, 0.2) is 9.84 Å². The summed E-state index contributed by atoms with van der Waals surface area (Å²) in [4.78, 5) is 0.224. The van der Waals surface area contributed by atoms with Gasteiger partial charge in [-0.1, -0.05) is 23.7 Å². The van der Waals surface area contributed by atoms with E-state index in [0.29, 0.717) is 22.0 Å². The summed E-state index contributed by atoms with van der Waals surface area (Å²) in [6.45, 7) is 3.38. The number of hydrogen-bond acceptors (Lipinski definition) is 4. The van der Waals surface area contributed by atoms with Crippen LogP contribution in [0.3, 0.4) is 0 Å².